The van der Waals surface area contributed by atoms with E-state index in [1.165, 1.54) is 17.3 Å². The fourth-order valence-electron chi connectivity index (χ4n) is 1.76. The molecule has 1 N–H and O–H groups in total. The monoisotopic (exact) mass is 380 g/mol. The van der Waals surface area contributed by atoms with Gasteiger partial charge in [0.2, 0.25) is 0 Å². The van der Waals surface area contributed by atoms with Crippen LogP contribution in [0.15, 0.2) is 9.59 Å². The molecular formula is C15H25FN2O4S2. The molecule has 1 rings (SSSR count). The Kier molecular flexibility index (Phi) is 6.06. The summed E-state index contributed by atoms with van der Waals surface area (Å²) < 4.78 is 46.2. The van der Waals surface area contributed by atoms with Crippen LogP contribution in [0.5, 0.6) is 0 Å². The number of hydrogen-bond acceptors (Lipinski definition) is 5. The molecule has 1 aromatic heterocycles. The topological polar surface area (TPSA) is 75.7 Å². The fraction of sp³-hybridized carbons (Fsp3) is 0.667. The van der Waals surface area contributed by atoms with Gasteiger partial charge >= 0.3 is 6.09 Å². The molecule has 0 aliphatic carbocycles. The molecule has 24 heavy (non-hydrogen) atoms. The Bertz CT molecular complexity index is 700. The third-order valence-corrected chi connectivity index (χ3v) is 5.86. The Labute approximate surface area is 147 Å². The van der Waals surface area contributed by atoms with Crippen molar-refractivity contribution in [3.8, 4) is 0 Å². The minimum atomic E-state index is -3.95. The molecule has 0 radical (unpaired) electrons. The van der Waals surface area contributed by atoms with E-state index in [0.29, 0.717) is 0 Å². The molecule has 0 fully saturated rings. The van der Waals surface area contributed by atoms with E-state index in [1.807, 2.05) is 0 Å². The van der Waals surface area contributed by atoms with E-state index in [4.69, 9.17) is 4.74 Å². The molecule has 0 bridgehead atoms. The van der Waals surface area contributed by atoms with Crippen molar-refractivity contribution in [3.05, 3.63) is 16.8 Å². The maximum absolute atomic E-state index is 14.5. The predicted octanol–water partition coefficient (Wildman–Crippen LogP) is 3.33. The highest BCUT2D eigenvalue weighted by Crippen LogP contribution is 2.27. The Morgan fingerprint density at radius 1 is 1.29 bits per heavy atom. The molecule has 0 spiro atoms. The number of amides is 1. The van der Waals surface area contributed by atoms with Gasteiger partial charge in [-0.2, -0.15) is 0 Å². The number of nitrogens with zero attached hydrogens (tertiary/aromatic N) is 1. The van der Waals surface area contributed by atoms with Crippen LogP contribution in [0.2, 0.25) is 0 Å². The third-order valence-electron chi connectivity index (χ3n) is 2.57. The lowest BCUT2D eigenvalue weighted by atomic mass is 10.1. The maximum atomic E-state index is 14.5. The molecule has 1 amide bonds. The largest absolute Gasteiger partial charge is 0.444 e. The first kappa shape index (κ1) is 20.9. The highest BCUT2D eigenvalue weighted by molar-refractivity contribution is 7.91. The Morgan fingerprint density at radius 3 is 2.29 bits per heavy atom. The molecule has 0 saturated carbocycles. The van der Waals surface area contributed by atoms with Crippen molar-refractivity contribution >= 4 is 27.5 Å². The lowest BCUT2D eigenvalue weighted by Gasteiger charge is -2.24. The lowest BCUT2D eigenvalue weighted by molar-refractivity contribution is 0.0284. The van der Waals surface area contributed by atoms with Crippen LogP contribution < -0.4 is 4.72 Å². The van der Waals surface area contributed by atoms with Gasteiger partial charge in [0.1, 0.15) is 5.60 Å². The van der Waals surface area contributed by atoms with Gasteiger partial charge in [0, 0.05) is 23.5 Å². The van der Waals surface area contributed by atoms with Gasteiger partial charge in [-0.3, -0.25) is 0 Å². The first-order chi connectivity index (χ1) is 10.6. The number of sulfonamides is 1. The highest BCUT2D eigenvalue weighted by atomic mass is 32.2. The van der Waals surface area contributed by atoms with Crippen molar-refractivity contribution in [1.29, 1.82) is 0 Å². The molecule has 0 aliphatic heterocycles. The first-order valence-electron chi connectivity index (χ1n) is 7.36. The number of hydrogen-bond donors (Lipinski definition) is 1. The zero-order valence-corrected chi connectivity index (χ0v) is 16.7. The smallest absolute Gasteiger partial charge is 0.410 e. The van der Waals surface area contributed by atoms with Gasteiger partial charge < -0.3 is 9.64 Å². The average Bonchev–Trinajstić information content (AvgIpc) is 2.66. The van der Waals surface area contributed by atoms with Crippen LogP contribution in [0.3, 0.4) is 0 Å². The number of rotatable bonds is 4. The van der Waals surface area contributed by atoms with Gasteiger partial charge in [0.15, 0.2) is 10.0 Å². The zero-order valence-electron chi connectivity index (χ0n) is 15.1. The van der Waals surface area contributed by atoms with E-state index in [1.54, 1.807) is 41.5 Å². The Hall–Kier alpha value is -1.19. The summed E-state index contributed by atoms with van der Waals surface area (Å²) in [5, 5.41) is 1.40. The Morgan fingerprint density at radius 2 is 1.83 bits per heavy atom. The fourth-order valence-corrected chi connectivity index (χ4v) is 4.46. The summed E-state index contributed by atoms with van der Waals surface area (Å²) in [6.45, 7) is 10.1. The SMILES string of the molecule is CN(Cc1csc(S(=O)(=O)NC(C)(C)C)c1F)C(=O)OC(C)(C)C. The molecule has 0 saturated heterocycles. The summed E-state index contributed by atoms with van der Waals surface area (Å²) in [7, 11) is -2.49. The summed E-state index contributed by atoms with van der Waals surface area (Å²) >= 11 is 0.786. The van der Waals surface area contributed by atoms with E-state index in [-0.39, 0.29) is 16.3 Å². The van der Waals surface area contributed by atoms with Crippen molar-refractivity contribution in [2.75, 3.05) is 7.05 Å². The van der Waals surface area contributed by atoms with E-state index in [9.17, 15) is 17.6 Å². The quantitative estimate of drug-likeness (QED) is 0.869. The molecule has 0 aliphatic rings. The van der Waals surface area contributed by atoms with Gasteiger partial charge in [0.25, 0.3) is 10.0 Å². The van der Waals surface area contributed by atoms with Crippen LogP contribution in [0.4, 0.5) is 9.18 Å². The molecule has 0 atom stereocenters. The van der Waals surface area contributed by atoms with Crippen LogP contribution >= 0.6 is 11.3 Å². The van der Waals surface area contributed by atoms with E-state index < -0.39 is 33.1 Å². The van der Waals surface area contributed by atoms with Crippen molar-refractivity contribution in [2.24, 2.45) is 0 Å². The molecule has 138 valence electrons. The average molecular weight is 381 g/mol. The van der Waals surface area contributed by atoms with Gasteiger partial charge in [-0.1, -0.05) is 0 Å². The minimum Gasteiger partial charge on any atom is -0.444 e. The minimum absolute atomic E-state index is 0.0811. The standard InChI is InChI=1S/C15H25FN2O4S2/c1-14(2,3)17-24(20,21)12-11(16)10(9-23-12)8-18(7)13(19)22-15(4,5)6/h9,17H,8H2,1-7H3. The second-order valence-electron chi connectivity index (χ2n) is 7.55. The second-order valence-corrected chi connectivity index (χ2v) is 10.3. The summed E-state index contributed by atoms with van der Waals surface area (Å²) in [5.74, 6) is -0.841. The summed E-state index contributed by atoms with van der Waals surface area (Å²) in [4.78, 5) is 13.1. The lowest BCUT2D eigenvalue weighted by Crippen LogP contribution is -2.40. The molecule has 9 heteroatoms. The molecular weight excluding hydrogens is 355 g/mol. The number of carbonyl (C=O) groups excluding carboxylic acids is 1. The van der Waals surface area contributed by atoms with Crippen LogP contribution in [-0.4, -0.2) is 37.6 Å². The van der Waals surface area contributed by atoms with Gasteiger partial charge in [-0.15, -0.1) is 11.3 Å². The van der Waals surface area contributed by atoms with E-state index in [2.05, 4.69) is 4.72 Å². The molecule has 1 aromatic rings. The second kappa shape index (κ2) is 6.97. The number of ether oxygens (including phenoxy) is 1. The number of carbonyl (C=O) groups is 1. The summed E-state index contributed by atoms with van der Waals surface area (Å²) in [6, 6.07) is 0. The van der Waals surface area contributed by atoms with Crippen LogP contribution in [0, 0.1) is 5.82 Å². The summed E-state index contributed by atoms with van der Waals surface area (Å²) in [5.41, 5.74) is -1.26. The number of nitrogens with one attached hydrogen (secondary N) is 1. The zero-order chi connectivity index (χ0) is 18.9. The Balaban J connectivity index is 2.95. The molecule has 1 heterocycles. The maximum Gasteiger partial charge on any atom is 0.410 e. The molecule has 6 nitrogen and oxygen atoms in total. The number of thiophene rings is 1. The molecule has 0 aromatic carbocycles. The van der Waals surface area contributed by atoms with E-state index in [0.717, 1.165) is 11.3 Å². The predicted molar refractivity (Wildman–Crippen MR) is 92.1 cm³/mol. The van der Waals surface area contributed by atoms with Gasteiger partial charge in [0.05, 0.1) is 6.54 Å². The van der Waals surface area contributed by atoms with E-state index >= 15 is 0 Å². The normalized spacial score (nSPS) is 13.0. The first-order valence-corrected chi connectivity index (χ1v) is 9.72. The van der Waals surface area contributed by atoms with Crippen molar-refractivity contribution < 1.29 is 22.3 Å². The molecule has 0 unspecified atom stereocenters. The van der Waals surface area contributed by atoms with Crippen molar-refractivity contribution in [3.63, 3.8) is 0 Å². The summed E-state index contributed by atoms with van der Waals surface area (Å²) in [6.07, 6.45) is -0.606. The highest BCUT2D eigenvalue weighted by Gasteiger charge is 2.29. The van der Waals surface area contributed by atoms with Crippen molar-refractivity contribution in [1.82, 2.24) is 9.62 Å². The van der Waals surface area contributed by atoms with Crippen LogP contribution in [0.25, 0.3) is 0 Å². The number of halogens is 1. The van der Waals surface area contributed by atoms with Gasteiger partial charge in [-0.25, -0.2) is 22.3 Å². The van der Waals surface area contributed by atoms with Crippen molar-refractivity contribution in [2.45, 2.75) is 63.4 Å². The van der Waals surface area contributed by atoms with Crippen LogP contribution in [-0.2, 0) is 21.3 Å². The van der Waals surface area contributed by atoms with Gasteiger partial charge in [-0.05, 0) is 41.5 Å². The van der Waals surface area contributed by atoms with Crippen LogP contribution in [0.1, 0.15) is 47.1 Å². The third kappa shape index (κ3) is 6.03.